The second kappa shape index (κ2) is 61.2. The fourth-order valence-electron chi connectivity index (χ4n) is 9.54. The van der Waals surface area contributed by atoms with E-state index in [0.29, 0.717) is 19.3 Å². The molecule has 0 amide bonds. The van der Waals surface area contributed by atoms with Gasteiger partial charge in [0.2, 0.25) is 0 Å². The third kappa shape index (κ3) is 58.5. The molecule has 0 heterocycles. The molecule has 6 heteroatoms. The summed E-state index contributed by atoms with van der Waals surface area (Å²) in [5.41, 5.74) is 0. The molecule has 0 rings (SSSR count). The van der Waals surface area contributed by atoms with Gasteiger partial charge < -0.3 is 14.2 Å². The maximum absolute atomic E-state index is 12.8. The monoisotopic (exact) mass is 1010 g/mol. The number of carbonyl (C=O) groups excluding carboxylic acids is 3. The quantitative estimate of drug-likeness (QED) is 0.0261. The predicted octanol–water partition coefficient (Wildman–Crippen LogP) is 21.6. The van der Waals surface area contributed by atoms with Crippen molar-refractivity contribution in [1.29, 1.82) is 0 Å². The first-order chi connectivity index (χ1) is 35.5. The zero-order chi connectivity index (χ0) is 52.2. The van der Waals surface area contributed by atoms with E-state index in [2.05, 4.69) is 57.2 Å². The zero-order valence-electron chi connectivity index (χ0n) is 48.5. The van der Waals surface area contributed by atoms with Gasteiger partial charge in [0.25, 0.3) is 0 Å². The SMILES string of the molecule is CCC/C=C\CCCCCCCC(=O)OCC(COC(=O)CCCCCCCCCCCCCCCCCCC/C=C\C/C=C\CCCCCCC)OC(=O)CCCCCCCCCCCCCCCCC. The number of unbranched alkanes of at least 4 members (excludes halogenated alkanes) is 42. The van der Waals surface area contributed by atoms with Gasteiger partial charge in [-0.1, -0.05) is 295 Å². The molecule has 422 valence electrons. The Morgan fingerprint density at radius 2 is 0.528 bits per heavy atom. The van der Waals surface area contributed by atoms with Crippen molar-refractivity contribution in [3.63, 3.8) is 0 Å². The van der Waals surface area contributed by atoms with Gasteiger partial charge in [-0.15, -0.1) is 0 Å². The summed E-state index contributed by atoms with van der Waals surface area (Å²) in [5.74, 6) is -0.860. The number of hydrogen-bond donors (Lipinski definition) is 0. The van der Waals surface area contributed by atoms with E-state index >= 15 is 0 Å². The number of esters is 3. The molecule has 0 radical (unpaired) electrons. The van der Waals surface area contributed by atoms with Gasteiger partial charge in [-0.05, 0) is 70.6 Å². The topological polar surface area (TPSA) is 78.9 Å². The highest BCUT2D eigenvalue weighted by Crippen LogP contribution is 2.18. The van der Waals surface area contributed by atoms with Gasteiger partial charge in [-0.2, -0.15) is 0 Å². The van der Waals surface area contributed by atoms with Crippen LogP contribution in [0.3, 0.4) is 0 Å². The summed E-state index contributed by atoms with van der Waals surface area (Å²) in [6, 6.07) is 0. The Morgan fingerprint density at radius 1 is 0.278 bits per heavy atom. The molecule has 0 saturated heterocycles. The smallest absolute Gasteiger partial charge is 0.306 e. The summed E-state index contributed by atoms with van der Waals surface area (Å²) in [7, 11) is 0. The lowest BCUT2D eigenvalue weighted by Gasteiger charge is -2.18. The Labute approximate surface area is 448 Å². The van der Waals surface area contributed by atoms with Crippen LogP contribution in [0.5, 0.6) is 0 Å². The van der Waals surface area contributed by atoms with Crippen LogP contribution in [-0.2, 0) is 28.6 Å². The number of hydrogen-bond acceptors (Lipinski definition) is 6. The second-order valence-corrected chi connectivity index (χ2v) is 21.7. The van der Waals surface area contributed by atoms with E-state index in [-0.39, 0.29) is 31.1 Å². The first-order valence-electron chi connectivity index (χ1n) is 32.0. The lowest BCUT2D eigenvalue weighted by Crippen LogP contribution is -2.30. The lowest BCUT2D eigenvalue weighted by atomic mass is 10.0. The molecule has 72 heavy (non-hydrogen) atoms. The van der Waals surface area contributed by atoms with Crippen LogP contribution in [0, 0.1) is 0 Å². The molecule has 0 aliphatic carbocycles. The van der Waals surface area contributed by atoms with E-state index in [1.165, 1.54) is 231 Å². The maximum Gasteiger partial charge on any atom is 0.306 e. The molecule has 0 fully saturated rings. The molecule has 0 spiro atoms. The highest BCUT2D eigenvalue weighted by Gasteiger charge is 2.19. The number of ether oxygens (including phenoxy) is 3. The number of carbonyl (C=O) groups is 3. The molecular formula is C66H122O6. The Kier molecular flexibility index (Phi) is 59.2. The first-order valence-corrected chi connectivity index (χ1v) is 32.0. The van der Waals surface area contributed by atoms with Gasteiger partial charge in [0.1, 0.15) is 13.2 Å². The van der Waals surface area contributed by atoms with E-state index in [0.717, 1.165) is 77.0 Å². The van der Waals surface area contributed by atoms with Crippen LogP contribution >= 0.6 is 0 Å². The molecule has 0 saturated carbocycles. The summed E-state index contributed by atoms with van der Waals surface area (Å²) in [5, 5.41) is 0. The Morgan fingerprint density at radius 3 is 0.833 bits per heavy atom. The molecule has 0 N–H and O–H groups in total. The average molecular weight is 1010 g/mol. The largest absolute Gasteiger partial charge is 0.462 e. The summed E-state index contributed by atoms with van der Waals surface area (Å²) in [6.45, 7) is 6.61. The van der Waals surface area contributed by atoms with Crippen LogP contribution in [-0.4, -0.2) is 37.2 Å². The van der Waals surface area contributed by atoms with Crippen molar-refractivity contribution >= 4 is 17.9 Å². The molecule has 0 aromatic heterocycles. The highest BCUT2D eigenvalue weighted by atomic mass is 16.6. The molecule has 0 aliphatic heterocycles. The molecule has 6 nitrogen and oxygen atoms in total. The van der Waals surface area contributed by atoms with E-state index in [1.54, 1.807) is 0 Å². The van der Waals surface area contributed by atoms with Crippen molar-refractivity contribution in [1.82, 2.24) is 0 Å². The minimum absolute atomic E-state index is 0.0697. The van der Waals surface area contributed by atoms with Crippen molar-refractivity contribution in [3.8, 4) is 0 Å². The van der Waals surface area contributed by atoms with Gasteiger partial charge in [0, 0.05) is 19.3 Å². The standard InChI is InChI=1S/C66H122O6/c1-4-7-10-13-16-19-22-24-26-27-28-29-30-31-32-33-34-35-36-37-38-39-41-42-44-47-50-53-56-59-65(68)71-62-63(61-70-64(67)58-55-52-49-46-21-18-15-12-9-6-3)72-66(69)60-57-54-51-48-45-43-40-25-23-20-17-14-11-8-5-2/h12,15,22,24,27-28,63H,4-11,13-14,16-21,23,25-26,29-62H2,1-3H3/b15-12-,24-22-,28-27-. The Balaban J connectivity index is 4.10. The average Bonchev–Trinajstić information content (AvgIpc) is 3.38. The van der Waals surface area contributed by atoms with Crippen LogP contribution in [0.1, 0.15) is 348 Å². The van der Waals surface area contributed by atoms with E-state index < -0.39 is 6.10 Å². The summed E-state index contributed by atoms with van der Waals surface area (Å²) in [6.07, 6.45) is 74.6. The fraction of sp³-hybridized carbons (Fsp3) is 0.864. The van der Waals surface area contributed by atoms with Gasteiger partial charge in [-0.25, -0.2) is 0 Å². The lowest BCUT2D eigenvalue weighted by molar-refractivity contribution is -0.167. The molecule has 0 aromatic rings. The van der Waals surface area contributed by atoms with Gasteiger partial charge in [-0.3, -0.25) is 14.4 Å². The fourth-order valence-corrected chi connectivity index (χ4v) is 9.54. The van der Waals surface area contributed by atoms with Crippen molar-refractivity contribution in [2.45, 2.75) is 354 Å². The minimum atomic E-state index is -0.771. The minimum Gasteiger partial charge on any atom is -0.462 e. The van der Waals surface area contributed by atoms with Crippen LogP contribution in [0.4, 0.5) is 0 Å². The Hall–Kier alpha value is -2.37. The third-order valence-electron chi connectivity index (χ3n) is 14.3. The molecular weight excluding hydrogens is 889 g/mol. The summed E-state index contributed by atoms with van der Waals surface area (Å²) < 4.78 is 16.9. The van der Waals surface area contributed by atoms with Crippen LogP contribution < -0.4 is 0 Å². The summed E-state index contributed by atoms with van der Waals surface area (Å²) in [4.78, 5) is 38.1. The van der Waals surface area contributed by atoms with Crippen molar-refractivity contribution < 1.29 is 28.6 Å². The van der Waals surface area contributed by atoms with E-state index in [1.807, 2.05) is 0 Å². The van der Waals surface area contributed by atoms with Crippen LogP contribution in [0.2, 0.25) is 0 Å². The van der Waals surface area contributed by atoms with Gasteiger partial charge >= 0.3 is 17.9 Å². The van der Waals surface area contributed by atoms with Crippen molar-refractivity contribution in [2.24, 2.45) is 0 Å². The predicted molar refractivity (Wildman–Crippen MR) is 312 cm³/mol. The number of rotatable bonds is 59. The molecule has 1 atom stereocenters. The van der Waals surface area contributed by atoms with Crippen LogP contribution in [0.25, 0.3) is 0 Å². The van der Waals surface area contributed by atoms with E-state index in [4.69, 9.17) is 14.2 Å². The Bertz CT molecular complexity index is 1210. The summed E-state index contributed by atoms with van der Waals surface area (Å²) >= 11 is 0. The third-order valence-corrected chi connectivity index (χ3v) is 14.3. The maximum atomic E-state index is 12.8. The molecule has 0 aromatic carbocycles. The van der Waals surface area contributed by atoms with Crippen molar-refractivity contribution in [3.05, 3.63) is 36.5 Å². The first kappa shape index (κ1) is 69.6. The molecule has 0 bridgehead atoms. The van der Waals surface area contributed by atoms with Crippen LogP contribution in [0.15, 0.2) is 36.5 Å². The van der Waals surface area contributed by atoms with E-state index in [9.17, 15) is 14.4 Å². The second-order valence-electron chi connectivity index (χ2n) is 21.7. The van der Waals surface area contributed by atoms with Crippen molar-refractivity contribution in [2.75, 3.05) is 13.2 Å². The highest BCUT2D eigenvalue weighted by molar-refractivity contribution is 5.71. The number of allylic oxidation sites excluding steroid dienone is 6. The normalized spacial score (nSPS) is 12.2. The van der Waals surface area contributed by atoms with Gasteiger partial charge in [0.15, 0.2) is 6.10 Å². The zero-order valence-corrected chi connectivity index (χ0v) is 48.5. The molecule has 0 aliphatic rings. The molecule has 1 unspecified atom stereocenters. The van der Waals surface area contributed by atoms with Gasteiger partial charge in [0.05, 0.1) is 0 Å².